The molecule has 0 aliphatic rings. The van der Waals surface area contributed by atoms with Crippen LogP contribution in [0.15, 0.2) is 48.8 Å². The molecule has 0 unspecified atom stereocenters. The number of benzene rings is 1. The van der Waals surface area contributed by atoms with Gasteiger partial charge in [-0.05, 0) is 24.6 Å². The van der Waals surface area contributed by atoms with Crippen molar-refractivity contribution in [2.45, 2.75) is 19.8 Å². The van der Waals surface area contributed by atoms with E-state index in [4.69, 9.17) is 0 Å². The summed E-state index contributed by atoms with van der Waals surface area (Å²) in [6.07, 6.45) is 4.67. The molecule has 0 spiro atoms. The molecule has 1 aromatic carbocycles. The van der Waals surface area contributed by atoms with Gasteiger partial charge in [0.25, 0.3) is 5.69 Å². The number of anilines is 1. The van der Waals surface area contributed by atoms with Gasteiger partial charge in [0, 0.05) is 30.4 Å². The Kier molecular flexibility index (Phi) is 4.24. The second-order valence-electron chi connectivity index (χ2n) is 5.38. The number of aromatic nitrogens is 2. The zero-order valence-electron chi connectivity index (χ0n) is 13.1. The van der Waals surface area contributed by atoms with Crippen molar-refractivity contribution in [3.05, 3.63) is 58.9 Å². The standard InChI is InChI=1S/C17H16N4O3/c1-2-5-17(22)19-13-8-7-12(10-15(13)21(23)24)14-11-20-9-4-3-6-16(20)18-14/h3-4,6-11H,2,5H2,1H3,(H,19,22). The monoisotopic (exact) mass is 324 g/mol. The summed E-state index contributed by atoms with van der Waals surface area (Å²) in [6, 6.07) is 10.3. The number of amides is 1. The van der Waals surface area contributed by atoms with Crippen LogP contribution in [0.1, 0.15) is 19.8 Å². The summed E-state index contributed by atoms with van der Waals surface area (Å²) in [5.41, 5.74) is 2.07. The Morgan fingerprint density at radius 1 is 1.33 bits per heavy atom. The molecule has 1 amide bonds. The molecule has 0 saturated carbocycles. The third-order valence-electron chi connectivity index (χ3n) is 3.61. The van der Waals surface area contributed by atoms with Gasteiger partial charge in [-0.3, -0.25) is 14.9 Å². The maximum Gasteiger partial charge on any atom is 0.293 e. The summed E-state index contributed by atoms with van der Waals surface area (Å²) in [5, 5.41) is 13.9. The average Bonchev–Trinajstić information content (AvgIpc) is 2.99. The fourth-order valence-electron chi connectivity index (χ4n) is 2.46. The van der Waals surface area contributed by atoms with Crippen molar-refractivity contribution in [1.82, 2.24) is 9.38 Å². The van der Waals surface area contributed by atoms with Gasteiger partial charge in [0.15, 0.2) is 0 Å². The first-order valence-corrected chi connectivity index (χ1v) is 7.61. The first-order chi connectivity index (χ1) is 11.6. The van der Waals surface area contributed by atoms with Gasteiger partial charge in [-0.15, -0.1) is 0 Å². The van der Waals surface area contributed by atoms with Crippen LogP contribution in [0.4, 0.5) is 11.4 Å². The highest BCUT2D eigenvalue weighted by Crippen LogP contribution is 2.30. The normalized spacial score (nSPS) is 10.7. The van der Waals surface area contributed by atoms with Crippen molar-refractivity contribution in [2.24, 2.45) is 0 Å². The molecule has 0 fully saturated rings. The number of nitro benzene ring substituents is 1. The molecule has 122 valence electrons. The van der Waals surface area contributed by atoms with Crippen LogP contribution in [0.25, 0.3) is 16.9 Å². The van der Waals surface area contributed by atoms with Crippen molar-refractivity contribution >= 4 is 22.9 Å². The van der Waals surface area contributed by atoms with Gasteiger partial charge in [0.2, 0.25) is 5.91 Å². The van der Waals surface area contributed by atoms with E-state index in [1.165, 1.54) is 6.07 Å². The molecule has 24 heavy (non-hydrogen) atoms. The van der Waals surface area contributed by atoms with Crippen LogP contribution in [0.5, 0.6) is 0 Å². The Labute approximate surface area is 138 Å². The Morgan fingerprint density at radius 3 is 2.88 bits per heavy atom. The summed E-state index contributed by atoms with van der Waals surface area (Å²) in [7, 11) is 0. The van der Waals surface area contributed by atoms with Gasteiger partial charge in [0.05, 0.1) is 10.6 Å². The molecule has 2 aromatic heterocycles. The second-order valence-corrected chi connectivity index (χ2v) is 5.38. The zero-order chi connectivity index (χ0) is 17.1. The topological polar surface area (TPSA) is 89.5 Å². The van der Waals surface area contributed by atoms with Crippen molar-refractivity contribution in [3.8, 4) is 11.3 Å². The fraction of sp³-hybridized carbons (Fsp3) is 0.176. The Bertz CT molecular complexity index is 884. The van der Waals surface area contributed by atoms with Crippen molar-refractivity contribution in [1.29, 1.82) is 0 Å². The van der Waals surface area contributed by atoms with E-state index in [0.717, 1.165) is 5.65 Å². The molecule has 1 N–H and O–H groups in total. The molecular weight excluding hydrogens is 308 g/mol. The minimum Gasteiger partial charge on any atom is -0.320 e. The van der Waals surface area contributed by atoms with Crippen molar-refractivity contribution in [3.63, 3.8) is 0 Å². The maximum atomic E-state index is 11.7. The highest BCUT2D eigenvalue weighted by atomic mass is 16.6. The zero-order valence-corrected chi connectivity index (χ0v) is 13.1. The first kappa shape index (κ1) is 15.7. The van der Waals surface area contributed by atoms with Gasteiger partial charge in [-0.25, -0.2) is 4.98 Å². The smallest absolute Gasteiger partial charge is 0.293 e. The molecular formula is C17H16N4O3. The summed E-state index contributed by atoms with van der Waals surface area (Å²) >= 11 is 0. The number of carbonyl (C=O) groups excluding carboxylic acids is 1. The quantitative estimate of drug-likeness (QED) is 0.573. The predicted octanol–water partition coefficient (Wildman–Crippen LogP) is 3.65. The average molecular weight is 324 g/mol. The van der Waals surface area contributed by atoms with Crippen LogP contribution in [0.3, 0.4) is 0 Å². The lowest BCUT2D eigenvalue weighted by molar-refractivity contribution is -0.383. The Hall–Kier alpha value is -3.22. The highest BCUT2D eigenvalue weighted by molar-refractivity contribution is 5.93. The minimum atomic E-state index is -0.499. The number of carbonyl (C=O) groups is 1. The van der Waals surface area contributed by atoms with E-state index in [2.05, 4.69) is 10.3 Å². The molecule has 7 heteroatoms. The molecule has 0 bridgehead atoms. The van der Waals surface area contributed by atoms with Crippen LogP contribution < -0.4 is 5.32 Å². The van der Waals surface area contributed by atoms with E-state index in [1.807, 2.05) is 41.9 Å². The van der Waals surface area contributed by atoms with Crippen LogP contribution in [-0.2, 0) is 4.79 Å². The lowest BCUT2D eigenvalue weighted by Gasteiger charge is -2.06. The van der Waals surface area contributed by atoms with Gasteiger partial charge >= 0.3 is 0 Å². The number of rotatable bonds is 5. The number of imidazole rings is 1. The van der Waals surface area contributed by atoms with Crippen LogP contribution in [0, 0.1) is 10.1 Å². The third kappa shape index (κ3) is 3.10. The second kappa shape index (κ2) is 6.49. The van der Waals surface area contributed by atoms with Gasteiger partial charge < -0.3 is 9.72 Å². The van der Waals surface area contributed by atoms with Crippen molar-refractivity contribution < 1.29 is 9.72 Å². The number of pyridine rings is 1. The lowest BCUT2D eigenvalue weighted by Crippen LogP contribution is -2.12. The number of fused-ring (bicyclic) bond motifs is 1. The van der Waals surface area contributed by atoms with Gasteiger partial charge in [0.1, 0.15) is 11.3 Å². The highest BCUT2D eigenvalue weighted by Gasteiger charge is 2.18. The summed E-state index contributed by atoms with van der Waals surface area (Å²) in [4.78, 5) is 27.0. The van der Waals surface area contributed by atoms with E-state index in [1.54, 1.807) is 12.1 Å². The number of nitrogens with one attached hydrogen (secondary N) is 1. The number of hydrogen-bond donors (Lipinski definition) is 1. The third-order valence-corrected chi connectivity index (χ3v) is 3.61. The van der Waals surface area contributed by atoms with Gasteiger partial charge in [-0.2, -0.15) is 0 Å². The lowest BCUT2D eigenvalue weighted by atomic mass is 10.1. The van der Waals surface area contributed by atoms with E-state index in [-0.39, 0.29) is 17.3 Å². The summed E-state index contributed by atoms with van der Waals surface area (Å²) < 4.78 is 1.85. The number of nitrogens with zero attached hydrogens (tertiary/aromatic N) is 3. The summed E-state index contributed by atoms with van der Waals surface area (Å²) in [5.74, 6) is -0.235. The molecule has 2 heterocycles. The molecule has 0 saturated heterocycles. The van der Waals surface area contributed by atoms with Crippen molar-refractivity contribution in [2.75, 3.05) is 5.32 Å². The number of nitro groups is 1. The fourth-order valence-corrected chi connectivity index (χ4v) is 2.46. The molecule has 3 aromatic rings. The predicted molar refractivity (Wildman–Crippen MR) is 90.8 cm³/mol. The summed E-state index contributed by atoms with van der Waals surface area (Å²) in [6.45, 7) is 1.88. The molecule has 7 nitrogen and oxygen atoms in total. The van der Waals surface area contributed by atoms with Gasteiger partial charge in [-0.1, -0.05) is 19.1 Å². The molecule has 0 aliphatic heterocycles. The van der Waals surface area contributed by atoms with E-state index in [9.17, 15) is 14.9 Å². The Morgan fingerprint density at radius 2 is 2.17 bits per heavy atom. The number of hydrogen-bond acceptors (Lipinski definition) is 4. The molecule has 0 radical (unpaired) electrons. The molecule has 0 aliphatic carbocycles. The largest absolute Gasteiger partial charge is 0.320 e. The SMILES string of the molecule is CCCC(=O)Nc1ccc(-c2cn3ccccc3n2)cc1[N+](=O)[O-]. The van der Waals surface area contributed by atoms with E-state index >= 15 is 0 Å². The first-order valence-electron chi connectivity index (χ1n) is 7.61. The van der Waals surface area contributed by atoms with Crippen LogP contribution in [-0.4, -0.2) is 20.2 Å². The van der Waals surface area contributed by atoms with E-state index in [0.29, 0.717) is 24.1 Å². The molecule has 0 atom stereocenters. The van der Waals surface area contributed by atoms with Crippen LogP contribution >= 0.6 is 0 Å². The Balaban J connectivity index is 1.99. The minimum absolute atomic E-state index is 0.144. The maximum absolute atomic E-state index is 11.7. The van der Waals surface area contributed by atoms with Crippen LogP contribution in [0.2, 0.25) is 0 Å². The van der Waals surface area contributed by atoms with E-state index < -0.39 is 4.92 Å². The molecule has 3 rings (SSSR count).